The van der Waals surface area contributed by atoms with Crippen LogP contribution in [-0.2, 0) is 0 Å². The minimum absolute atomic E-state index is 0.0787. The van der Waals surface area contributed by atoms with Crippen molar-refractivity contribution in [2.75, 3.05) is 0 Å². The highest BCUT2D eigenvalue weighted by Gasteiger charge is 2.12. The van der Waals surface area contributed by atoms with Crippen molar-refractivity contribution in [2.24, 2.45) is 0 Å². The van der Waals surface area contributed by atoms with Crippen LogP contribution in [0.25, 0.3) is 0 Å². The third-order valence-electron chi connectivity index (χ3n) is 2.17. The predicted octanol–water partition coefficient (Wildman–Crippen LogP) is 4.19. The van der Waals surface area contributed by atoms with E-state index in [4.69, 9.17) is 0 Å². The van der Waals surface area contributed by atoms with Crippen LogP contribution in [0.5, 0.6) is 0 Å². The van der Waals surface area contributed by atoms with Crippen LogP contribution < -0.4 is 0 Å². The number of benzene rings is 1. The van der Waals surface area contributed by atoms with Crippen LogP contribution in [0.3, 0.4) is 0 Å². The Morgan fingerprint density at radius 3 is 2.62 bits per heavy atom. The summed E-state index contributed by atoms with van der Waals surface area (Å²) in [5.74, 6) is -0.442. The number of carbonyl (C=O) groups excluding carboxylic acids is 1. The van der Waals surface area contributed by atoms with Gasteiger partial charge in [0.15, 0.2) is 5.78 Å². The third-order valence-corrected chi connectivity index (χ3v) is 3.64. The highest BCUT2D eigenvalue weighted by Crippen LogP contribution is 2.21. The lowest BCUT2D eigenvalue weighted by molar-refractivity contribution is 0.103. The van der Waals surface area contributed by atoms with Gasteiger partial charge in [-0.15, -0.1) is 11.3 Å². The highest BCUT2D eigenvalue weighted by molar-refractivity contribution is 9.10. The molecule has 0 radical (unpaired) electrons. The Morgan fingerprint density at radius 2 is 2.06 bits per heavy atom. The minimum atomic E-state index is -0.363. The van der Waals surface area contributed by atoms with Crippen LogP contribution in [0.15, 0.2) is 34.1 Å². The van der Waals surface area contributed by atoms with Crippen molar-refractivity contribution < 1.29 is 9.18 Å². The summed E-state index contributed by atoms with van der Waals surface area (Å²) in [6.45, 7) is 1.95. The van der Waals surface area contributed by atoms with Crippen molar-refractivity contribution in [3.8, 4) is 0 Å². The van der Waals surface area contributed by atoms with Gasteiger partial charge in [0.2, 0.25) is 0 Å². The molecule has 1 aromatic carbocycles. The topological polar surface area (TPSA) is 17.1 Å². The molecule has 1 heterocycles. The van der Waals surface area contributed by atoms with E-state index < -0.39 is 0 Å². The van der Waals surface area contributed by atoms with Gasteiger partial charge in [0.1, 0.15) is 5.82 Å². The molecule has 2 rings (SSSR count). The summed E-state index contributed by atoms with van der Waals surface area (Å²) in [7, 11) is 0. The molecule has 82 valence electrons. The Bertz CT molecular complexity index is 548. The molecule has 0 saturated carbocycles. The smallest absolute Gasteiger partial charge is 0.193 e. The van der Waals surface area contributed by atoms with E-state index >= 15 is 0 Å². The molecule has 0 saturated heterocycles. The number of ketones is 1. The maximum absolute atomic E-state index is 13.0. The molecule has 2 aromatic rings. The lowest BCUT2D eigenvalue weighted by atomic mass is 10.1. The maximum atomic E-state index is 13.0. The first-order valence-electron chi connectivity index (χ1n) is 4.63. The molecular weight excluding hydrogens is 291 g/mol. The van der Waals surface area contributed by atoms with Gasteiger partial charge in [0, 0.05) is 21.4 Å². The lowest BCUT2D eigenvalue weighted by Crippen LogP contribution is -1.99. The van der Waals surface area contributed by atoms with E-state index in [1.54, 1.807) is 0 Å². The Labute approximate surface area is 105 Å². The Morgan fingerprint density at radius 1 is 1.31 bits per heavy atom. The van der Waals surface area contributed by atoms with Crippen LogP contribution in [0, 0.1) is 12.7 Å². The molecule has 0 bridgehead atoms. The van der Waals surface area contributed by atoms with Crippen molar-refractivity contribution in [1.29, 1.82) is 0 Å². The molecule has 0 spiro atoms. The monoisotopic (exact) mass is 298 g/mol. The summed E-state index contributed by atoms with van der Waals surface area (Å²) in [6, 6.07) is 6.13. The number of hydrogen-bond acceptors (Lipinski definition) is 2. The van der Waals surface area contributed by atoms with Gasteiger partial charge in [0.05, 0.1) is 4.47 Å². The maximum Gasteiger partial charge on any atom is 0.193 e. The van der Waals surface area contributed by atoms with Crippen molar-refractivity contribution in [3.05, 3.63) is 55.9 Å². The number of aryl methyl sites for hydroxylation is 1. The van der Waals surface area contributed by atoms with E-state index in [-0.39, 0.29) is 11.6 Å². The average molecular weight is 299 g/mol. The molecule has 0 aliphatic rings. The van der Waals surface area contributed by atoms with E-state index in [2.05, 4.69) is 15.9 Å². The first-order chi connectivity index (χ1) is 7.58. The number of hydrogen-bond donors (Lipinski definition) is 0. The molecule has 0 N–H and O–H groups in total. The molecule has 0 amide bonds. The number of carbonyl (C=O) groups is 1. The predicted molar refractivity (Wildman–Crippen MR) is 66.6 cm³/mol. The van der Waals surface area contributed by atoms with Gasteiger partial charge < -0.3 is 0 Å². The second-order valence-electron chi connectivity index (χ2n) is 3.40. The lowest BCUT2D eigenvalue weighted by Gasteiger charge is -2.00. The highest BCUT2D eigenvalue weighted by atomic mass is 79.9. The fourth-order valence-corrected chi connectivity index (χ4v) is 2.43. The molecule has 0 unspecified atom stereocenters. The summed E-state index contributed by atoms with van der Waals surface area (Å²) < 4.78 is 13.3. The summed E-state index contributed by atoms with van der Waals surface area (Å²) >= 11 is 4.60. The Hall–Kier alpha value is -1.000. The molecule has 0 atom stereocenters. The van der Waals surface area contributed by atoms with Crippen LogP contribution in [0.4, 0.5) is 4.39 Å². The second-order valence-corrected chi connectivity index (χ2v) is 5.37. The molecule has 1 aromatic heterocycles. The van der Waals surface area contributed by atoms with Gasteiger partial charge in [0.25, 0.3) is 0 Å². The van der Waals surface area contributed by atoms with Crippen LogP contribution in [0.2, 0.25) is 0 Å². The van der Waals surface area contributed by atoms with Crippen LogP contribution in [-0.4, -0.2) is 5.78 Å². The molecule has 4 heteroatoms. The van der Waals surface area contributed by atoms with Gasteiger partial charge in [-0.1, -0.05) is 0 Å². The fraction of sp³-hybridized carbons (Fsp3) is 0.0833. The third kappa shape index (κ3) is 2.23. The normalized spacial score (nSPS) is 10.4. The number of thiophene rings is 1. The minimum Gasteiger partial charge on any atom is -0.289 e. The molecule has 0 fully saturated rings. The zero-order valence-electron chi connectivity index (χ0n) is 8.46. The van der Waals surface area contributed by atoms with E-state index in [9.17, 15) is 9.18 Å². The van der Waals surface area contributed by atoms with E-state index in [0.29, 0.717) is 15.6 Å². The van der Waals surface area contributed by atoms with Gasteiger partial charge in [-0.05, 0) is 47.1 Å². The molecule has 16 heavy (non-hydrogen) atoms. The van der Waals surface area contributed by atoms with Crippen molar-refractivity contribution in [1.82, 2.24) is 0 Å². The van der Waals surface area contributed by atoms with Crippen molar-refractivity contribution in [2.45, 2.75) is 6.92 Å². The molecular formula is C12H8BrFOS. The van der Waals surface area contributed by atoms with E-state index in [0.717, 1.165) is 4.88 Å². The molecule has 0 aliphatic heterocycles. The summed E-state index contributed by atoms with van der Waals surface area (Å²) in [5, 5.41) is 1.81. The van der Waals surface area contributed by atoms with E-state index in [1.807, 2.05) is 18.4 Å². The van der Waals surface area contributed by atoms with Gasteiger partial charge >= 0.3 is 0 Å². The van der Waals surface area contributed by atoms with Crippen LogP contribution >= 0.6 is 27.3 Å². The van der Waals surface area contributed by atoms with Gasteiger partial charge in [-0.2, -0.15) is 0 Å². The summed E-state index contributed by atoms with van der Waals surface area (Å²) in [5.41, 5.74) is 1.15. The fourth-order valence-electron chi connectivity index (χ4n) is 1.37. The SMILES string of the molecule is Cc1cc(C(=O)c2ccc(F)c(Br)c2)cs1. The molecule has 1 nitrogen and oxygen atoms in total. The van der Waals surface area contributed by atoms with E-state index in [1.165, 1.54) is 29.5 Å². The van der Waals surface area contributed by atoms with Crippen molar-refractivity contribution in [3.63, 3.8) is 0 Å². The van der Waals surface area contributed by atoms with Gasteiger partial charge in [-0.25, -0.2) is 4.39 Å². The summed E-state index contributed by atoms with van der Waals surface area (Å²) in [4.78, 5) is 13.1. The number of halogens is 2. The summed E-state index contributed by atoms with van der Waals surface area (Å²) in [6.07, 6.45) is 0. The Balaban J connectivity index is 2.38. The standard InChI is InChI=1S/C12H8BrFOS/c1-7-4-9(6-16-7)12(15)8-2-3-11(14)10(13)5-8/h2-6H,1H3. The first kappa shape index (κ1) is 11.5. The van der Waals surface area contributed by atoms with Gasteiger partial charge in [-0.3, -0.25) is 4.79 Å². The zero-order chi connectivity index (χ0) is 11.7. The first-order valence-corrected chi connectivity index (χ1v) is 6.30. The molecule has 0 aliphatic carbocycles. The van der Waals surface area contributed by atoms with Crippen LogP contribution in [0.1, 0.15) is 20.8 Å². The quantitative estimate of drug-likeness (QED) is 0.760. The zero-order valence-corrected chi connectivity index (χ0v) is 10.9. The second kappa shape index (κ2) is 4.47. The Kier molecular flexibility index (Phi) is 3.21. The largest absolute Gasteiger partial charge is 0.289 e. The average Bonchev–Trinajstić information content (AvgIpc) is 2.68. The van der Waals surface area contributed by atoms with Crippen molar-refractivity contribution >= 4 is 33.0 Å². The number of rotatable bonds is 2.